The molecule has 4 atom stereocenters. The summed E-state index contributed by atoms with van der Waals surface area (Å²) in [6.07, 6.45) is 2.44. The molecule has 4 N–H and O–H groups in total. The summed E-state index contributed by atoms with van der Waals surface area (Å²) < 4.78 is 10.5. The summed E-state index contributed by atoms with van der Waals surface area (Å²) in [5.74, 6) is -2.00. The van der Waals surface area contributed by atoms with Crippen LogP contribution in [0.1, 0.15) is 48.2 Å². The number of fused-ring (bicyclic) bond motifs is 1. The first-order valence-corrected chi connectivity index (χ1v) is 10.8. The van der Waals surface area contributed by atoms with Gasteiger partial charge in [-0.2, -0.15) is 0 Å². The van der Waals surface area contributed by atoms with Crippen molar-refractivity contribution in [2.24, 2.45) is 5.92 Å². The van der Waals surface area contributed by atoms with Crippen LogP contribution in [0.2, 0.25) is 0 Å². The van der Waals surface area contributed by atoms with Crippen molar-refractivity contribution in [1.29, 1.82) is 0 Å². The molecule has 0 unspecified atom stereocenters. The zero-order valence-corrected chi connectivity index (χ0v) is 19.0. The number of hydrogen-bond acceptors (Lipinski definition) is 8. The third kappa shape index (κ3) is 7.16. The van der Waals surface area contributed by atoms with Gasteiger partial charge in [-0.05, 0) is 49.5 Å². The number of phenols is 1. The van der Waals surface area contributed by atoms with Crippen LogP contribution in [0.15, 0.2) is 30.4 Å². The number of ketones is 1. The van der Waals surface area contributed by atoms with Crippen LogP contribution in [0.3, 0.4) is 0 Å². The highest BCUT2D eigenvalue weighted by atomic mass is 16.5. The normalized spacial score (nSPS) is 25.8. The van der Waals surface area contributed by atoms with Gasteiger partial charge in [0, 0.05) is 13.0 Å². The van der Waals surface area contributed by atoms with E-state index in [1.54, 1.807) is 26.0 Å². The minimum Gasteiger partial charge on any atom is -0.507 e. The van der Waals surface area contributed by atoms with Crippen molar-refractivity contribution in [3.05, 3.63) is 47.1 Å². The first-order valence-electron chi connectivity index (χ1n) is 10.8. The fraction of sp³-hybridized carbons (Fsp3) is 0.458. The second-order valence-corrected chi connectivity index (χ2v) is 7.90. The lowest BCUT2D eigenvalue weighted by molar-refractivity contribution is -0.127. The predicted octanol–water partition coefficient (Wildman–Crippen LogP) is 2.13. The largest absolute Gasteiger partial charge is 0.507 e. The molecule has 2 rings (SSSR count). The molecule has 0 saturated heterocycles. The number of benzene rings is 1. The van der Waals surface area contributed by atoms with Crippen LogP contribution in [0, 0.1) is 5.92 Å². The number of rotatable bonds is 4. The first kappa shape index (κ1) is 26.1. The molecule has 0 saturated carbocycles. The predicted molar refractivity (Wildman–Crippen MR) is 121 cm³/mol. The SMILES string of the molecule is CNC(=O)OCCCc1ccc(O)c2c1/C=C/C[C@H](O)[C@H](O)C(=O)/C=C\[C@H](C)[C@H](C)OC2=O. The van der Waals surface area contributed by atoms with Crippen LogP contribution in [0.4, 0.5) is 4.79 Å². The van der Waals surface area contributed by atoms with Crippen LogP contribution < -0.4 is 5.32 Å². The van der Waals surface area contributed by atoms with Gasteiger partial charge in [0.1, 0.15) is 23.5 Å². The van der Waals surface area contributed by atoms with Crippen molar-refractivity contribution in [1.82, 2.24) is 5.32 Å². The molecule has 0 aromatic heterocycles. The van der Waals surface area contributed by atoms with Crippen LogP contribution in [-0.4, -0.2) is 65.1 Å². The second kappa shape index (κ2) is 12.2. The third-order valence-electron chi connectivity index (χ3n) is 5.46. The maximum Gasteiger partial charge on any atom is 0.406 e. The van der Waals surface area contributed by atoms with E-state index in [0.29, 0.717) is 24.0 Å². The summed E-state index contributed by atoms with van der Waals surface area (Å²) >= 11 is 0. The van der Waals surface area contributed by atoms with Crippen molar-refractivity contribution < 1.29 is 39.2 Å². The Morgan fingerprint density at radius 1 is 1.21 bits per heavy atom. The number of aromatic hydroxyl groups is 1. The Hall–Kier alpha value is -3.17. The number of nitrogens with one attached hydrogen (secondary N) is 1. The lowest BCUT2D eigenvalue weighted by Crippen LogP contribution is -2.32. The highest BCUT2D eigenvalue weighted by Crippen LogP contribution is 2.29. The van der Waals surface area contributed by atoms with Crippen molar-refractivity contribution in [2.45, 2.75) is 51.4 Å². The fourth-order valence-electron chi connectivity index (χ4n) is 3.25. The number of phenolic OH excluding ortho intramolecular Hbond substituents is 1. The van der Waals surface area contributed by atoms with Gasteiger partial charge < -0.3 is 30.1 Å². The van der Waals surface area contributed by atoms with Gasteiger partial charge in [0.15, 0.2) is 5.78 Å². The summed E-state index contributed by atoms with van der Waals surface area (Å²) in [6.45, 7) is 3.54. The number of carbonyl (C=O) groups is 3. The molecule has 180 valence electrons. The Morgan fingerprint density at radius 2 is 1.94 bits per heavy atom. The number of aliphatic hydroxyl groups excluding tert-OH is 2. The van der Waals surface area contributed by atoms with Crippen molar-refractivity contribution >= 4 is 23.9 Å². The smallest absolute Gasteiger partial charge is 0.406 e. The van der Waals surface area contributed by atoms with Crippen LogP contribution >= 0.6 is 0 Å². The van der Waals surface area contributed by atoms with Crippen LogP contribution in [-0.2, 0) is 20.7 Å². The molecule has 0 fully saturated rings. The first-order chi connectivity index (χ1) is 15.6. The number of carbonyl (C=O) groups excluding carboxylic acids is 3. The molecule has 9 heteroatoms. The molecule has 0 radical (unpaired) electrons. The third-order valence-corrected chi connectivity index (χ3v) is 5.46. The van der Waals surface area contributed by atoms with Gasteiger partial charge in [-0.1, -0.05) is 31.2 Å². The Bertz CT molecular complexity index is 923. The summed E-state index contributed by atoms with van der Waals surface area (Å²) in [5.41, 5.74) is 1.05. The molecule has 9 nitrogen and oxygen atoms in total. The van der Waals surface area contributed by atoms with E-state index in [1.807, 2.05) is 0 Å². The average molecular weight is 462 g/mol. The minimum atomic E-state index is -1.59. The number of hydrogen-bond donors (Lipinski definition) is 4. The molecule has 0 bridgehead atoms. The lowest BCUT2D eigenvalue weighted by Gasteiger charge is -2.21. The molecule has 1 amide bonds. The van der Waals surface area contributed by atoms with Gasteiger partial charge in [0.05, 0.1) is 12.7 Å². The summed E-state index contributed by atoms with van der Waals surface area (Å²) in [7, 11) is 1.46. The molecule has 1 heterocycles. The summed E-state index contributed by atoms with van der Waals surface area (Å²) in [5, 5.41) is 33.1. The van der Waals surface area contributed by atoms with E-state index in [2.05, 4.69) is 5.32 Å². The van der Waals surface area contributed by atoms with E-state index >= 15 is 0 Å². The summed E-state index contributed by atoms with van der Waals surface area (Å²) in [4.78, 5) is 36.3. The fourth-order valence-corrected chi connectivity index (χ4v) is 3.25. The van der Waals surface area contributed by atoms with Gasteiger partial charge in [0.25, 0.3) is 0 Å². The average Bonchev–Trinajstić information content (AvgIpc) is 2.79. The minimum absolute atomic E-state index is 0.0258. The van der Waals surface area contributed by atoms with Crippen LogP contribution in [0.5, 0.6) is 5.75 Å². The van der Waals surface area contributed by atoms with Gasteiger partial charge in [-0.25, -0.2) is 9.59 Å². The van der Waals surface area contributed by atoms with E-state index in [0.717, 1.165) is 0 Å². The molecule has 1 aromatic rings. The van der Waals surface area contributed by atoms with Crippen molar-refractivity contribution in [3.63, 3.8) is 0 Å². The number of aliphatic hydroxyl groups is 2. The Labute approximate surface area is 192 Å². The van der Waals surface area contributed by atoms with E-state index in [-0.39, 0.29) is 30.3 Å². The number of aryl methyl sites for hydroxylation is 1. The molecule has 1 aliphatic rings. The number of cyclic esters (lactones) is 1. The highest BCUT2D eigenvalue weighted by Gasteiger charge is 2.25. The number of amides is 1. The Kier molecular flexibility index (Phi) is 9.62. The maximum absolute atomic E-state index is 13.0. The molecule has 1 aliphatic heterocycles. The topological polar surface area (TPSA) is 142 Å². The zero-order chi connectivity index (χ0) is 24.5. The highest BCUT2D eigenvalue weighted by molar-refractivity contribution is 5.97. The molecular weight excluding hydrogens is 430 g/mol. The van der Waals surface area contributed by atoms with Gasteiger partial charge in [-0.15, -0.1) is 0 Å². The number of alkyl carbamates (subject to hydrolysis) is 1. The molecular formula is C24H31NO8. The molecule has 0 aliphatic carbocycles. The van der Waals surface area contributed by atoms with E-state index < -0.39 is 36.2 Å². The summed E-state index contributed by atoms with van der Waals surface area (Å²) in [6, 6.07) is 3.05. The van der Waals surface area contributed by atoms with E-state index in [9.17, 15) is 29.7 Å². The van der Waals surface area contributed by atoms with Gasteiger partial charge in [0.2, 0.25) is 0 Å². The quantitative estimate of drug-likeness (QED) is 0.395. The van der Waals surface area contributed by atoms with Crippen LogP contribution in [0.25, 0.3) is 6.08 Å². The van der Waals surface area contributed by atoms with E-state index in [4.69, 9.17) is 9.47 Å². The monoisotopic (exact) mass is 461 g/mol. The number of esters is 1. The molecule has 1 aromatic carbocycles. The lowest BCUT2D eigenvalue weighted by atomic mass is 9.95. The van der Waals surface area contributed by atoms with E-state index in [1.165, 1.54) is 31.3 Å². The van der Waals surface area contributed by atoms with Gasteiger partial charge >= 0.3 is 12.1 Å². The Balaban J connectivity index is 2.41. The maximum atomic E-state index is 13.0. The number of ether oxygens (including phenoxy) is 2. The van der Waals surface area contributed by atoms with Crippen molar-refractivity contribution in [2.75, 3.05) is 13.7 Å². The Morgan fingerprint density at radius 3 is 2.64 bits per heavy atom. The van der Waals surface area contributed by atoms with Gasteiger partial charge in [-0.3, -0.25) is 4.79 Å². The standard InChI is InChI=1S/C24H31NO8/c1-14-9-11-20(28)22(29)19(27)8-4-7-17-16(6-5-13-32-24(31)25-3)10-12-18(26)21(17)23(30)33-15(14)2/h4,7,9-12,14-15,19,22,26-27,29H,5-6,8,13H2,1-3H3,(H,25,31)/b7-4+,11-9-/t14-,15-,19-,22-/m0/s1. The second-order valence-electron chi connectivity index (χ2n) is 7.90. The van der Waals surface area contributed by atoms with Crippen molar-refractivity contribution in [3.8, 4) is 5.75 Å². The zero-order valence-electron chi connectivity index (χ0n) is 19.0. The molecule has 33 heavy (non-hydrogen) atoms. The molecule has 0 spiro atoms.